The van der Waals surface area contributed by atoms with Crippen LogP contribution in [0.4, 0.5) is 5.69 Å². The smallest absolute Gasteiger partial charge is 0.191 e. The number of hydrogen-bond donors (Lipinski definition) is 2. The van der Waals surface area contributed by atoms with E-state index in [1.807, 2.05) is 25.2 Å². The molecule has 3 rings (SSSR count). The third-order valence-electron chi connectivity index (χ3n) is 5.54. The molecule has 2 aliphatic rings. The Balaban J connectivity index is 0.00000280. The van der Waals surface area contributed by atoms with E-state index in [-0.39, 0.29) is 24.0 Å². The number of likely N-dealkylation sites (N-methyl/N-ethyl adjacent to an activating group) is 1. The summed E-state index contributed by atoms with van der Waals surface area (Å²) in [5.41, 5.74) is 1.05. The van der Waals surface area contributed by atoms with Crippen LogP contribution < -0.4 is 20.3 Å². The molecule has 0 radical (unpaired) electrons. The maximum Gasteiger partial charge on any atom is 0.191 e. The van der Waals surface area contributed by atoms with Gasteiger partial charge in [-0.3, -0.25) is 4.99 Å². The Labute approximate surface area is 191 Å². The summed E-state index contributed by atoms with van der Waals surface area (Å²) in [4.78, 5) is 9.06. The van der Waals surface area contributed by atoms with Crippen LogP contribution in [-0.2, 0) is 0 Å². The number of methoxy groups -OCH3 is 1. The Bertz CT molecular complexity index is 666. The number of hydrogen-bond acceptors (Lipinski definition) is 4. The Morgan fingerprint density at radius 1 is 1.36 bits per heavy atom. The lowest BCUT2D eigenvalue weighted by molar-refractivity contribution is 0.264. The third-order valence-corrected chi connectivity index (χ3v) is 5.78. The highest BCUT2D eigenvalue weighted by molar-refractivity contribution is 14.0. The Kier molecular flexibility index (Phi) is 8.95. The molecule has 0 bridgehead atoms. The fourth-order valence-corrected chi connectivity index (χ4v) is 4.01. The molecule has 1 saturated heterocycles. The van der Waals surface area contributed by atoms with Crippen molar-refractivity contribution in [1.82, 2.24) is 15.5 Å². The lowest BCUT2D eigenvalue weighted by Gasteiger charge is -2.26. The number of nitrogens with zero attached hydrogens (tertiary/aromatic N) is 3. The van der Waals surface area contributed by atoms with E-state index in [9.17, 15) is 0 Å². The van der Waals surface area contributed by atoms with Crippen molar-refractivity contribution in [3.8, 4) is 5.75 Å². The van der Waals surface area contributed by atoms with Gasteiger partial charge >= 0.3 is 0 Å². The molecule has 2 fully saturated rings. The van der Waals surface area contributed by atoms with Gasteiger partial charge in [0.1, 0.15) is 5.75 Å². The molecule has 8 heteroatoms. The molecule has 2 N–H and O–H groups in total. The van der Waals surface area contributed by atoms with Crippen molar-refractivity contribution >= 4 is 47.2 Å². The summed E-state index contributed by atoms with van der Waals surface area (Å²) in [7, 11) is 7.86. The predicted molar refractivity (Wildman–Crippen MR) is 129 cm³/mol. The van der Waals surface area contributed by atoms with Gasteiger partial charge in [-0.2, -0.15) is 0 Å². The molecule has 28 heavy (non-hydrogen) atoms. The fraction of sp³-hybridized carbons (Fsp3) is 0.650. The topological polar surface area (TPSA) is 52.1 Å². The molecule has 1 aromatic rings. The number of rotatable bonds is 7. The summed E-state index contributed by atoms with van der Waals surface area (Å²) in [6.07, 6.45) is 3.74. The zero-order valence-electron chi connectivity index (χ0n) is 17.2. The minimum Gasteiger partial charge on any atom is -0.495 e. The zero-order valence-corrected chi connectivity index (χ0v) is 20.3. The van der Waals surface area contributed by atoms with Crippen molar-refractivity contribution in [3.63, 3.8) is 0 Å². The van der Waals surface area contributed by atoms with E-state index in [2.05, 4.69) is 39.5 Å². The second-order valence-electron chi connectivity index (χ2n) is 7.71. The van der Waals surface area contributed by atoms with Gasteiger partial charge in [-0.05, 0) is 57.5 Å². The van der Waals surface area contributed by atoms with Crippen molar-refractivity contribution in [1.29, 1.82) is 0 Å². The summed E-state index contributed by atoms with van der Waals surface area (Å²) in [6, 6.07) is 6.69. The van der Waals surface area contributed by atoms with Gasteiger partial charge in [-0.15, -0.1) is 24.0 Å². The van der Waals surface area contributed by atoms with Crippen molar-refractivity contribution in [3.05, 3.63) is 23.2 Å². The molecule has 0 aromatic heterocycles. The van der Waals surface area contributed by atoms with E-state index in [0.717, 1.165) is 54.4 Å². The molecular weight excluding hydrogens is 489 g/mol. The number of ether oxygens (including phenoxy) is 1. The summed E-state index contributed by atoms with van der Waals surface area (Å²) >= 11 is 6.19. The Morgan fingerprint density at radius 2 is 2.11 bits per heavy atom. The van der Waals surface area contributed by atoms with Crippen molar-refractivity contribution in [2.24, 2.45) is 10.9 Å². The van der Waals surface area contributed by atoms with E-state index >= 15 is 0 Å². The van der Waals surface area contributed by atoms with E-state index in [1.165, 1.54) is 12.8 Å². The summed E-state index contributed by atoms with van der Waals surface area (Å²) in [5, 5.41) is 7.83. The molecule has 0 amide bonds. The van der Waals surface area contributed by atoms with Gasteiger partial charge in [0.25, 0.3) is 0 Å². The average molecular weight is 522 g/mol. The number of halogens is 2. The zero-order chi connectivity index (χ0) is 19.4. The van der Waals surface area contributed by atoms with Gasteiger partial charge in [0.2, 0.25) is 0 Å². The number of anilines is 1. The van der Waals surface area contributed by atoms with Crippen LogP contribution in [0.15, 0.2) is 23.2 Å². The minimum absolute atomic E-state index is 0. The molecule has 6 nitrogen and oxygen atoms in total. The fourth-order valence-electron chi connectivity index (χ4n) is 3.85. The van der Waals surface area contributed by atoms with E-state index in [0.29, 0.717) is 12.1 Å². The van der Waals surface area contributed by atoms with Crippen LogP contribution in [0.2, 0.25) is 5.02 Å². The Hall–Kier alpha value is -0.930. The maximum atomic E-state index is 6.19. The van der Waals surface area contributed by atoms with Crippen LogP contribution >= 0.6 is 35.6 Å². The molecule has 1 heterocycles. The first-order valence-electron chi connectivity index (χ1n) is 9.74. The first-order chi connectivity index (χ1) is 13.0. The summed E-state index contributed by atoms with van der Waals surface area (Å²) in [6.45, 7) is 2.79. The van der Waals surface area contributed by atoms with Gasteiger partial charge in [-0.1, -0.05) is 11.6 Å². The lowest BCUT2D eigenvalue weighted by atomic mass is 10.1. The quantitative estimate of drug-likeness (QED) is 0.328. The van der Waals surface area contributed by atoms with Crippen molar-refractivity contribution in [2.45, 2.75) is 31.3 Å². The van der Waals surface area contributed by atoms with Crippen LogP contribution in [0.3, 0.4) is 0 Å². The van der Waals surface area contributed by atoms with Gasteiger partial charge < -0.3 is 25.2 Å². The highest BCUT2D eigenvalue weighted by Crippen LogP contribution is 2.34. The first kappa shape index (κ1) is 23.3. The van der Waals surface area contributed by atoms with Crippen LogP contribution in [0.1, 0.15) is 19.3 Å². The predicted octanol–water partition coefficient (Wildman–Crippen LogP) is 3.05. The van der Waals surface area contributed by atoms with Crippen LogP contribution in [-0.4, -0.2) is 70.8 Å². The molecule has 1 aliphatic heterocycles. The SMILES string of the molecule is CN=C(NCC(C1CC1)N(C)C)NC1CCN(c2cc(Cl)ccc2OC)C1.I. The molecule has 0 spiro atoms. The normalized spacial score (nSPS) is 20.7. The van der Waals surface area contributed by atoms with E-state index < -0.39 is 0 Å². The van der Waals surface area contributed by atoms with E-state index in [1.54, 1.807) is 7.11 Å². The van der Waals surface area contributed by atoms with Crippen LogP contribution in [0.5, 0.6) is 5.75 Å². The van der Waals surface area contributed by atoms with Crippen molar-refractivity contribution < 1.29 is 4.74 Å². The standard InChI is InChI=1S/C20H32ClN5O.HI/c1-22-20(23-12-18(25(2)3)14-5-6-14)24-16-9-10-26(13-16)17-11-15(21)7-8-19(17)27-4;/h7-8,11,14,16,18H,5-6,9-10,12-13H2,1-4H3,(H2,22,23,24);1H. The second-order valence-corrected chi connectivity index (χ2v) is 8.15. The molecule has 158 valence electrons. The molecule has 1 aliphatic carbocycles. The van der Waals surface area contributed by atoms with Gasteiger partial charge in [0.05, 0.1) is 12.8 Å². The maximum absolute atomic E-state index is 6.19. The van der Waals surface area contributed by atoms with Gasteiger partial charge in [0, 0.05) is 43.8 Å². The molecule has 2 atom stereocenters. The number of nitrogens with one attached hydrogen (secondary N) is 2. The summed E-state index contributed by atoms with van der Waals surface area (Å²) in [5.74, 6) is 2.57. The third kappa shape index (κ3) is 6.03. The van der Waals surface area contributed by atoms with Gasteiger partial charge in [-0.25, -0.2) is 0 Å². The summed E-state index contributed by atoms with van der Waals surface area (Å²) < 4.78 is 5.50. The van der Waals surface area contributed by atoms with E-state index in [4.69, 9.17) is 16.3 Å². The Morgan fingerprint density at radius 3 is 2.71 bits per heavy atom. The first-order valence-corrected chi connectivity index (χ1v) is 10.1. The van der Waals surface area contributed by atoms with Crippen molar-refractivity contribution in [2.75, 3.05) is 52.8 Å². The van der Waals surface area contributed by atoms with Crippen LogP contribution in [0, 0.1) is 5.92 Å². The monoisotopic (exact) mass is 521 g/mol. The number of benzene rings is 1. The highest BCUT2D eigenvalue weighted by atomic mass is 127. The van der Waals surface area contributed by atoms with Crippen LogP contribution in [0.25, 0.3) is 0 Å². The average Bonchev–Trinajstić information content (AvgIpc) is 3.38. The molecular formula is C20H33ClIN5O. The second kappa shape index (κ2) is 10.7. The number of guanidine groups is 1. The largest absolute Gasteiger partial charge is 0.495 e. The number of aliphatic imine (C=N–C) groups is 1. The molecule has 1 aromatic carbocycles. The minimum atomic E-state index is 0. The lowest BCUT2D eigenvalue weighted by Crippen LogP contribution is -2.49. The molecule has 1 saturated carbocycles. The van der Waals surface area contributed by atoms with Gasteiger partial charge in [0.15, 0.2) is 5.96 Å². The molecule has 2 unspecified atom stereocenters. The highest BCUT2D eigenvalue weighted by Gasteiger charge is 2.32.